The van der Waals surface area contributed by atoms with E-state index in [1.54, 1.807) is 24.5 Å². The summed E-state index contributed by atoms with van der Waals surface area (Å²) in [6.45, 7) is 0.949. The maximum atomic E-state index is 9.10. The van der Waals surface area contributed by atoms with Gasteiger partial charge in [0.1, 0.15) is 0 Å². The van der Waals surface area contributed by atoms with E-state index in [-0.39, 0.29) is 19.2 Å². The van der Waals surface area contributed by atoms with Crippen LogP contribution in [-0.2, 0) is 0 Å². The van der Waals surface area contributed by atoms with E-state index in [4.69, 9.17) is 10.2 Å². The second-order valence-electron chi connectivity index (χ2n) is 5.37. The Kier molecular flexibility index (Phi) is 5.96. The van der Waals surface area contributed by atoms with Gasteiger partial charge in [-0.1, -0.05) is 0 Å². The molecule has 0 spiro atoms. The van der Waals surface area contributed by atoms with Crippen molar-refractivity contribution in [3.05, 3.63) is 48.8 Å². The Hall–Kier alpha value is -3.17. The summed E-state index contributed by atoms with van der Waals surface area (Å²) < 4.78 is 0. The number of benzene rings is 1. The van der Waals surface area contributed by atoms with Crippen LogP contribution in [0, 0.1) is 0 Å². The number of hydrogen-bond acceptors (Lipinski definition) is 8. The molecule has 0 bridgehead atoms. The smallest absolute Gasteiger partial charge is 0.287 e. The lowest BCUT2D eigenvalue weighted by Gasteiger charge is -2.22. The molecule has 9 heteroatoms. The molecule has 1 aromatic carbocycles. The molecule has 0 fully saturated rings. The molecule has 0 amide bonds. The molecule has 0 saturated heterocycles. The Morgan fingerprint density at radius 1 is 0.923 bits per heavy atom. The topological polar surface area (TPSA) is 123 Å². The molecule has 3 N–H and O–H groups in total. The van der Waals surface area contributed by atoms with E-state index in [9.17, 15) is 0 Å². The molecule has 0 aliphatic heterocycles. The summed E-state index contributed by atoms with van der Waals surface area (Å²) in [4.78, 5) is 10.1. The third kappa shape index (κ3) is 4.47. The number of nitrogens with one attached hydrogen (secondary N) is 1. The predicted molar refractivity (Wildman–Crippen MR) is 96.6 cm³/mol. The highest BCUT2D eigenvalue weighted by Gasteiger charge is 2.06. The van der Waals surface area contributed by atoms with Crippen molar-refractivity contribution in [1.82, 2.24) is 20.2 Å². The Bertz CT molecular complexity index is 828. The molecule has 3 rings (SSSR count). The van der Waals surface area contributed by atoms with Crippen LogP contribution in [0.5, 0.6) is 0 Å². The zero-order valence-corrected chi connectivity index (χ0v) is 14.0. The first-order valence-electron chi connectivity index (χ1n) is 8.11. The van der Waals surface area contributed by atoms with Gasteiger partial charge in [0.25, 0.3) is 5.95 Å². The summed E-state index contributed by atoms with van der Waals surface area (Å²) in [5.74, 6) is 0.837. The van der Waals surface area contributed by atoms with E-state index in [0.717, 1.165) is 11.3 Å². The zero-order chi connectivity index (χ0) is 18.2. The number of aromatic nitrogens is 4. The zero-order valence-electron chi connectivity index (χ0n) is 14.0. The number of anilines is 1. The average Bonchev–Trinajstić information content (AvgIpc) is 3.16. The van der Waals surface area contributed by atoms with Crippen LogP contribution in [0.3, 0.4) is 0 Å². The SMILES string of the molecule is OCCN(CCO)c1ccc(N=Nc2n[nH]c(-c3ccncc3)n2)cc1. The highest BCUT2D eigenvalue weighted by atomic mass is 16.3. The first-order valence-corrected chi connectivity index (χ1v) is 8.11. The van der Waals surface area contributed by atoms with E-state index >= 15 is 0 Å². The van der Waals surface area contributed by atoms with Crippen molar-refractivity contribution in [1.29, 1.82) is 0 Å². The van der Waals surface area contributed by atoms with E-state index in [1.165, 1.54) is 0 Å². The molecule has 0 unspecified atom stereocenters. The fraction of sp³-hybridized carbons (Fsp3) is 0.235. The summed E-state index contributed by atoms with van der Waals surface area (Å²) in [7, 11) is 0. The molecule has 0 saturated carbocycles. The van der Waals surface area contributed by atoms with Crippen molar-refractivity contribution in [2.24, 2.45) is 10.2 Å². The average molecular weight is 353 g/mol. The van der Waals surface area contributed by atoms with Crippen molar-refractivity contribution in [3.63, 3.8) is 0 Å². The van der Waals surface area contributed by atoms with Gasteiger partial charge in [0.2, 0.25) is 0 Å². The number of nitrogens with zero attached hydrogens (tertiary/aromatic N) is 6. The lowest BCUT2D eigenvalue weighted by molar-refractivity contribution is 0.281. The van der Waals surface area contributed by atoms with Crippen molar-refractivity contribution in [3.8, 4) is 11.4 Å². The van der Waals surface area contributed by atoms with Gasteiger partial charge in [0.15, 0.2) is 5.82 Å². The molecule has 2 aromatic heterocycles. The summed E-state index contributed by atoms with van der Waals surface area (Å²) in [6.07, 6.45) is 3.36. The highest BCUT2D eigenvalue weighted by molar-refractivity contribution is 5.55. The summed E-state index contributed by atoms with van der Waals surface area (Å²) in [5, 5.41) is 33.2. The minimum Gasteiger partial charge on any atom is -0.395 e. The molecule has 2 heterocycles. The molecule has 0 radical (unpaired) electrons. The van der Waals surface area contributed by atoms with Gasteiger partial charge in [-0.2, -0.15) is 4.98 Å². The number of aliphatic hydroxyl groups excluding tert-OH is 2. The lowest BCUT2D eigenvalue weighted by atomic mass is 10.2. The normalized spacial score (nSPS) is 11.2. The fourth-order valence-electron chi connectivity index (χ4n) is 2.38. The van der Waals surface area contributed by atoms with E-state index < -0.39 is 0 Å². The number of H-pyrrole nitrogens is 1. The van der Waals surface area contributed by atoms with Gasteiger partial charge >= 0.3 is 0 Å². The maximum absolute atomic E-state index is 9.10. The number of aliphatic hydroxyl groups is 2. The predicted octanol–water partition coefficient (Wildman–Crippen LogP) is 2.07. The van der Waals surface area contributed by atoms with Gasteiger partial charge in [0, 0.05) is 36.7 Å². The third-order valence-electron chi connectivity index (χ3n) is 3.64. The van der Waals surface area contributed by atoms with Crippen LogP contribution in [0.2, 0.25) is 0 Å². The first kappa shape index (κ1) is 17.6. The van der Waals surface area contributed by atoms with Crippen LogP contribution in [0.1, 0.15) is 0 Å². The molecule has 0 atom stereocenters. The monoisotopic (exact) mass is 353 g/mol. The van der Waals surface area contributed by atoms with E-state index in [1.807, 2.05) is 29.2 Å². The van der Waals surface area contributed by atoms with Crippen LogP contribution in [0.15, 0.2) is 59.0 Å². The van der Waals surface area contributed by atoms with Gasteiger partial charge in [-0.3, -0.25) is 10.1 Å². The molecule has 26 heavy (non-hydrogen) atoms. The number of rotatable bonds is 8. The second kappa shape index (κ2) is 8.79. The Morgan fingerprint density at radius 3 is 2.27 bits per heavy atom. The van der Waals surface area contributed by atoms with Crippen LogP contribution in [0.25, 0.3) is 11.4 Å². The van der Waals surface area contributed by atoms with Gasteiger partial charge in [-0.25, -0.2) is 0 Å². The van der Waals surface area contributed by atoms with Crippen molar-refractivity contribution in [2.45, 2.75) is 0 Å². The molecule has 3 aromatic rings. The largest absolute Gasteiger partial charge is 0.395 e. The quantitative estimate of drug-likeness (QED) is 0.533. The van der Waals surface area contributed by atoms with Crippen LogP contribution in [-0.4, -0.2) is 56.7 Å². The summed E-state index contributed by atoms with van der Waals surface area (Å²) in [6, 6.07) is 11.0. The van der Waals surface area contributed by atoms with Gasteiger partial charge in [-0.15, -0.1) is 15.3 Å². The second-order valence-corrected chi connectivity index (χ2v) is 5.37. The minimum atomic E-state index is 0.0199. The number of aromatic amines is 1. The fourth-order valence-corrected chi connectivity index (χ4v) is 2.38. The van der Waals surface area contributed by atoms with Gasteiger partial charge < -0.3 is 15.1 Å². The van der Waals surface area contributed by atoms with Crippen LogP contribution >= 0.6 is 0 Å². The number of hydrogen-bond donors (Lipinski definition) is 3. The molecule has 0 aliphatic carbocycles. The highest BCUT2D eigenvalue weighted by Crippen LogP contribution is 2.22. The Morgan fingerprint density at radius 2 is 1.62 bits per heavy atom. The lowest BCUT2D eigenvalue weighted by Crippen LogP contribution is -2.29. The van der Waals surface area contributed by atoms with Crippen LogP contribution in [0.4, 0.5) is 17.3 Å². The Balaban J connectivity index is 1.68. The third-order valence-corrected chi connectivity index (χ3v) is 3.64. The number of pyridine rings is 1. The van der Waals surface area contributed by atoms with Crippen molar-refractivity contribution >= 4 is 17.3 Å². The van der Waals surface area contributed by atoms with Gasteiger partial charge in [-0.05, 0) is 36.4 Å². The molecule has 0 aliphatic rings. The molecular weight excluding hydrogens is 334 g/mol. The summed E-state index contributed by atoms with van der Waals surface area (Å²) in [5.41, 5.74) is 2.41. The van der Waals surface area contributed by atoms with E-state index in [2.05, 4.69) is 30.4 Å². The summed E-state index contributed by atoms with van der Waals surface area (Å²) >= 11 is 0. The number of azo groups is 1. The van der Waals surface area contributed by atoms with Crippen molar-refractivity contribution in [2.75, 3.05) is 31.2 Å². The van der Waals surface area contributed by atoms with E-state index in [0.29, 0.717) is 24.6 Å². The van der Waals surface area contributed by atoms with Crippen molar-refractivity contribution < 1.29 is 10.2 Å². The maximum Gasteiger partial charge on any atom is 0.287 e. The molecular formula is C17H19N7O2. The van der Waals surface area contributed by atoms with Gasteiger partial charge in [0.05, 0.1) is 18.9 Å². The molecule has 9 nitrogen and oxygen atoms in total. The first-order chi connectivity index (χ1) is 12.8. The van der Waals surface area contributed by atoms with Crippen LogP contribution < -0.4 is 4.90 Å². The standard InChI is InChI=1S/C17H19N7O2/c25-11-9-24(10-12-26)15-3-1-14(2-4-15)20-22-17-19-16(21-23-17)13-5-7-18-8-6-13/h1-8,25-26H,9-12H2,(H,19,21,23). The molecule has 134 valence electrons. The minimum absolute atomic E-state index is 0.0199. The Labute approximate surface area is 150 Å².